The zero-order chi connectivity index (χ0) is 17.4. The van der Waals surface area contributed by atoms with Gasteiger partial charge in [0.15, 0.2) is 0 Å². The van der Waals surface area contributed by atoms with E-state index in [0.717, 1.165) is 5.56 Å². The maximum atomic E-state index is 11.9. The molecule has 2 amide bonds. The molecule has 0 aliphatic carbocycles. The number of rotatable bonds is 6. The molecule has 0 aliphatic heterocycles. The Kier molecular flexibility index (Phi) is 6.51. The minimum atomic E-state index is -0.340. The van der Waals surface area contributed by atoms with Gasteiger partial charge in [0.1, 0.15) is 0 Å². The van der Waals surface area contributed by atoms with Crippen molar-refractivity contribution in [1.29, 1.82) is 0 Å². The second-order valence-electron chi connectivity index (χ2n) is 5.88. The summed E-state index contributed by atoms with van der Waals surface area (Å²) < 4.78 is 0. The summed E-state index contributed by atoms with van der Waals surface area (Å²) in [4.78, 5) is 23.8. The van der Waals surface area contributed by atoms with Gasteiger partial charge >= 0.3 is 0 Å². The molecule has 2 aromatic carbocycles. The summed E-state index contributed by atoms with van der Waals surface area (Å²) in [7, 11) is 0. The van der Waals surface area contributed by atoms with Gasteiger partial charge in [0, 0.05) is 11.6 Å². The molecule has 0 bridgehead atoms. The monoisotopic (exact) mass is 325 g/mol. The van der Waals surface area contributed by atoms with Crippen LogP contribution in [0.3, 0.4) is 0 Å². The van der Waals surface area contributed by atoms with Crippen molar-refractivity contribution in [1.82, 2.24) is 16.2 Å². The molecule has 0 saturated carbocycles. The molecule has 0 spiro atoms. The molecule has 24 heavy (non-hydrogen) atoms. The smallest absolute Gasteiger partial charge is 0.269 e. The summed E-state index contributed by atoms with van der Waals surface area (Å²) in [5.74, 6) is -0.299. The number of hydrazine groups is 1. The number of amides is 2. The first-order valence-corrected chi connectivity index (χ1v) is 8.00. The van der Waals surface area contributed by atoms with Crippen molar-refractivity contribution >= 4 is 11.8 Å². The number of carbonyl (C=O) groups is 2. The Bertz CT molecular complexity index is 657. The molecular formula is C19H23N3O2. The summed E-state index contributed by atoms with van der Waals surface area (Å²) in [5.41, 5.74) is 6.47. The second-order valence-corrected chi connectivity index (χ2v) is 5.88. The van der Waals surface area contributed by atoms with E-state index in [2.05, 4.69) is 30.0 Å². The Hall–Kier alpha value is -2.66. The van der Waals surface area contributed by atoms with E-state index < -0.39 is 0 Å². The molecule has 126 valence electrons. The maximum absolute atomic E-state index is 11.9. The quantitative estimate of drug-likeness (QED) is 0.715. The van der Waals surface area contributed by atoms with E-state index in [-0.39, 0.29) is 24.4 Å². The summed E-state index contributed by atoms with van der Waals surface area (Å²) in [6.45, 7) is 4.31. The Morgan fingerprint density at radius 2 is 1.46 bits per heavy atom. The van der Waals surface area contributed by atoms with Crippen LogP contribution in [-0.2, 0) is 4.79 Å². The van der Waals surface area contributed by atoms with Gasteiger partial charge in [-0.15, -0.1) is 0 Å². The molecule has 2 rings (SSSR count). The Morgan fingerprint density at radius 1 is 0.875 bits per heavy atom. The van der Waals surface area contributed by atoms with Gasteiger partial charge < -0.3 is 5.32 Å². The minimum Gasteiger partial charge on any atom is -0.301 e. The summed E-state index contributed by atoms with van der Waals surface area (Å²) in [6, 6.07) is 18.8. The fourth-order valence-electron chi connectivity index (χ4n) is 2.43. The maximum Gasteiger partial charge on any atom is 0.269 e. The molecular weight excluding hydrogens is 302 g/mol. The molecule has 5 heteroatoms. The Morgan fingerprint density at radius 3 is 2.04 bits per heavy atom. The predicted octanol–water partition coefficient (Wildman–Crippen LogP) is 2.43. The van der Waals surface area contributed by atoms with Crippen LogP contribution in [0.1, 0.15) is 35.8 Å². The van der Waals surface area contributed by atoms with Crippen molar-refractivity contribution in [3.8, 4) is 0 Å². The van der Waals surface area contributed by atoms with Crippen molar-refractivity contribution in [2.24, 2.45) is 5.92 Å². The van der Waals surface area contributed by atoms with Crippen LogP contribution in [0, 0.1) is 5.92 Å². The molecule has 1 atom stereocenters. The zero-order valence-corrected chi connectivity index (χ0v) is 14.0. The third kappa shape index (κ3) is 5.21. The standard InChI is InChI=1S/C19H23N3O2/c1-14(2)18(15-9-5-3-6-10-15)20-13-17(23)21-22-19(24)16-11-7-4-8-12-16/h3-12,14,18,20H,13H2,1-2H3,(H,21,23)(H,22,24)/t18-/m0/s1. The minimum absolute atomic E-state index is 0.0711. The first-order chi connectivity index (χ1) is 11.6. The molecule has 5 nitrogen and oxygen atoms in total. The fourth-order valence-corrected chi connectivity index (χ4v) is 2.43. The second kappa shape index (κ2) is 8.84. The first kappa shape index (κ1) is 17.7. The highest BCUT2D eigenvalue weighted by atomic mass is 16.2. The fraction of sp³-hybridized carbons (Fsp3) is 0.263. The van der Waals surface area contributed by atoms with Crippen molar-refractivity contribution in [3.05, 3.63) is 71.8 Å². The van der Waals surface area contributed by atoms with E-state index in [1.807, 2.05) is 36.4 Å². The van der Waals surface area contributed by atoms with E-state index in [9.17, 15) is 9.59 Å². The van der Waals surface area contributed by atoms with Crippen LogP contribution in [0.15, 0.2) is 60.7 Å². The average molecular weight is 325 g/mol. The predicted molar refractivity (Wildman–Crippen MR) is 94.1 cm³/mol. The van der Waals surface area contributed by atoms with Crippen molar-refractivity contribution < 1.29 is 9.59 Å². The zero-order valence-electron chi connectivity index (χ0n) is 14.0. The lowest BCUT2D eigenvalue weighted by atomic mass is 9.96. The third-order valence-electron chi connectivity index (χ3n) is 3.66. The van der Waals surface area contributed by atoms with Crippen LogP contribution in [-0.4, -0.2) is 18.4 Å². The molecule has 0 heterocycles. The van der Waals surface area contributed by atoms with E-state index in [0.29, 0.717) is 11.5 Å². The highest BCUT2D eigenvalue weighted by molar-refractivity contribution is 5.95. The molecule has 0 saturated heterocycles. The molecule has 0 aliphatic rings. The number of carbonyl (C=O) groups excluding carboxylic acids is 2. The normalized spacial score (nSPS) is 11.8. The molecule has 2 aromatic rings. The van der Waals surface area contributed by atoms with Crippen LogP contribution >= 0.6 is 0 Å². The topological polar surface area (TPSA) is 70.2 Å². The number of nitrogens with one attached hydrogen (secondary N) is 3. The van der Waals surface area contributed by atoms with E-state index in [4.69, 9.17) is 0 Å². The molecule has 0 fully saturated rings. The lowest BCUT2D eigenvalue weighted by molar-refractivity contribution is -0.121. The summed E-state index contributed by atoms with van der Waals surface area (Å²) >= 11 is 0. The Balaban J connectivity index is 1.82. The molecule has 0 aromatic heterocycles. The number of hydrogen-bond acceptors (Lipinski definition) is 3. The molecule has 3 N–H and O–H groups in total. The van der Waals surface area contributed by atoms with Crippen molar-refractivity contribution in [2.45, 2.75) is 19.9 Å². The summed E-state index contributed by atoms with van der Waals surface area (Å²) in [6.07, 6.45) is 0. The van der Waals surface area contributed by atoms with Crippen LogP contribution in [0.5, 0.6) is 0 Å². The highest BCUT2D eigenvalue weighted by Crippen LogP contribution is 2.20. The van der Waals surface area contributed by atoms with Gasteiger partial charge in [0.25, 0.3) is 11.8 Å². The molecule has 0 radical (unpaired) electrons. The first-order valence-electron chi connectivity index (χ1n) is 8.00. The number of benzene rings is 2. The third-order valence-corrected chi connectivity index (χ3v) is 3.66. The van der Waals surface area contributed by atoms with Crippen molar-refractivity contribution in [2.75, 3.05) is 6.54 Å². The highest BCUT2D eigenvalue weighted by Gasteiger charge is 2.16. The average Bonchev–Trinajstić information content (AvgIpc) is 2.61. The van der Waals surface area contributed by atoms with Gasteiger partial charge in [-0.3, -0.25) is 20.4 Å². The van der Waals surface area contributed by atoms with Gasteiger partial charge in [-0.2, -0.15) is 0 Å². The van der Waals surface area contributed by atoms with Crippen LogP contribution in [0.2, 0.25) is 0 Å². The Labute approximate surface area is 142 Å². The van der Waals surface area contributed by atoms with Crippen LogP contribution in [0.4, 0.5) is 0 Å². The SMILES string of the molecule is CC(C)[C@H](NCC(=O)NNC(=O)c1ccccc1)c1ccccc1. The molecule has 0 unspecified atom stereocenters. The largest absolute Gasteiger partial charge is 0.301 e. The number of hydrogen-bond donors (Lipinski definition) is 3. The van der Waals surface area contributed by atoms with Crippen molar-refractivity contribution in [3.63, 3.8) is 0 Å². The van der Waals surface area contributed by atoms with E-state index in [1.165, 1.54) is 0 Å². The van der Waals surface area contributed by atoms with Gasteiger partial charge in [-0.1, -0.05) is 62.4 Å². The van der Waals surface area contributed by atoms with Crippen LogP contribution < -0.4 is 16.2 Å². The van der Waals surface area contributed by atoms with E-state index in [1.54, 1.807) is 24.3 Å². The summed E-state index contributed by atoms with van der Waals surface area (Å²) in [5, 5.41) is 3.24. The lowest BCUT2D eigenvalue weighted by Gasteiger charge is -2.22. The lowest BCUT2D eigenvalue weighted by Crippen LogP contribution is -2.46. The van der Waals surface area contributed by atoms with Crippen LogP contribution in [0.25, 0.3) is 0 Å². The van der Waals surface area contributed by atoms with Gasteiger partial charge in [0.05, 0.1) is 6.54 Å². The van der Waals surface area contributed by atoms with Gasteiger partial charge in [-0.25, -0.2) is 0 Å². The van der Waals surface area contributed by atoms with Gasteiger partial charge in [0.2, 0.25) is 0 Å². The van der Waals surface area contributed by atoms with Gasteiger partial charge in [-0.05, 0) is 23.6 Å². The van der Waals surface area contributed by atoms with E-state index >= 15 is 0 Å².